The fourth-order valence-electron chi connectivity index (χ4n) is 0.885. The van der Waals surface area contributed by atoms with E-state index in [9.17, 15) is 13.2 Å². The monoisotopic (exact) mass is 256 g/mol. The summed E-state index contributed by atoms with van der Waals surface area (Å²) in [5.74, 6) is 0. The molecule has 0 radical (unpaired) electrons. The SMILES string of the molecule is Cl.NC(=S)Nc1ccc(C(F)(F)F)cc1. The summed E-state index contributed by atoms with van der Waals surface area (Å²) in [7, 11) is 0. The fraction of sp³-hybridized carbons (Fsp3) is 0.125. The van der Waals surface area contributed by atoms with E-state index in [2.05, 4.69) is 17.5 Å². The van der Waals surface area contributed by atoms with Gasteiger partial charge in [0.05, 0.1) is 5.56 Å². The topological polar surface area (TPSA) is 38.0 Å². The van der Waals surface area contributed by atoms with E-state index >= 15 is 0 Å². The first-order valence-corrected chi connectivity index (χ1v) is 4.04. The number of hydrogen-bond acceptors (Lipinski definition) is 1. The molecule has 0 saturated heterocycles. The third-order valence-electron chi connectivity index (χ3n) is 1.48. The van der Waals surface area contributed by atoms with E-state index in [-0.39, 0.29) is 17.5 Å². The van der Waals surface area contributed by atoms with Crippen LogP contribution in [0.1, 0.15) is 5.56 Å². The average molecular weight is 257 g/mol. The number of nitrogens with one attached hydrogen (secondary N) is 1. The Morgan fingerprint density at radius 2 is 1.67 bits per heavy atom. The minimum Gasteiger partial charge on any atom is -0.376 e. The molecule has 1 rings (SSSR count). The number of hydrogen-bond donors (Lipinski definition) is 2. The van der Waals surface area contributed by atoms with Gasteiger partial charge in [-0.05, 0) is 36.5 Å². The highest BCUT2D eigenvalue weighted by molar-refractivity contribution is 7.80. The van der Waals surface area contributed by atoms with Gasteiger partial charge in [-0.3, -0.25) is 0 Å². The van der Waals surface area contributed by atoms with E-state index < -0.39 is 11.7 Å². The van der Waals surface area contributed by atoms with Gasteiger partial charge >= 0.3 is 6.18 Å². The number of halogens is 4. The van der Waals surface area contributed by atoms with Crippen molar-refractivity contribution in [1.29, 1.82) is 0 Å². The third kappa shape index (κ3) is 4.35. The van der Waals surface area contributed by atoms with Crippen molar-refractivity contribution in [3.8, 4) is 0 Å². The second-order valence-corrected chi connectivity index (χ2v) is 3.00. The lowest BCUT2D eigenvalue weighted by atomic mass is 10.2. The van der Waals surface area contributed by atoms with Crippen molar-refractivity contribution in [2.75, 3.05) is 5.32 Å². The molecule has 0 aromatic heterocycles. The van der Waals surface area contributed by atoms with Crippen molar-refractivity contribution in [3.63, 3.8) is 0 Å². The standard InChI is InChI=1S/C8H7F3N2S.ClH/c9-8(10,11)5-1-3-6(4-2-5)13-7(12)14;/h1-4H,(H3,12,13,14);1H. The van der Waals surface area contributed by atoms with Crippen molar-refractivity contribution >= 4 is 35.4 Å². The second kappa shape index (κ2) is 5.18. The molecule has 0 spiro atoms. The zero-order chi connectivity index (χ0) is 10.8. The van der Waals surface area contributed by atoms with E-state index in [4.69, 9.17) is 5.73 Å². The van der Waals surface area contributed by atoms with E-state index in [0.29, 0.717) is 5.69 Å². The molecule has 1 aromatic rings. The highest BCUT2D eigenvalue weighted by Gasteiger charge is 2.29. The van der Waals surface area contributed by atoms with Crippen LogP contribution < -0.4 is 11.1 Å². The minimum absolute atomic E-state index is 0. The van der Waals surface area contributed by atoms with Crippen LogP contribution in [0.5, 0.6) is 0 Å². The molecule has 84 valence electrons. The molecule has 15 heavy (non-hydrogen) atoms. The Kier molecular flexibility index (Phi) is 4.83. The molecule has 0 heterocycles. The van der Waals surface area contributed by atoms with Crippen LogP contribution in [0, 0.1) is 0 Å². The molecule has 1 aromatic carbocycles. The normalized spacial score (nSPS) is 10.3. The predicted molar refractivity (Wildman–Crippen MR) is 59.1 cm³/mol. The molecule has 2 nitrogen and oxygen atoms in total. The molecule has 0 amide bonds. The maximum atomic E-state index is 12.1. The van der Waals surface area contributed by atoms with Crippen molar-refractivity contribution in [1.82, 2.24) is 0 Å². The van der Waals surface area contributed by atoms with Crippen molar-refractivity contribution < 1.29 is 13.2 Å². The van der Waals surface area contributed by atoms with Crippen molar-refractivity contribution in [3.05, 3.63) is 29.8 Å². The number of rotatable bonds is 1. The Balaban J connectivity index is 0.00000196. The van der Waals surface area contributed by atoms with Gasteiger partial charge < -0.3 is 11.1 Å². The summed E-state index contributed by atoms with van der Waals surface area (Å²) < 4.78 is 36.3. The van der Waals surface area contributed by atoms with Crippen LogP contribution >= 0.6 is 24.6 Å². The van der Waals surface area contributed by atoms with E-state index in [1.54, 1.807) is 0 Å². The number of benzene rings is 1. The van der Waals surface area contributed by atoms with Gasteiger partial charge in [0.15, 0.2) is 5.11 Å². The molecule has 0 aliphatic rings. The summed E-state index contributed by atoms with van der Waals surface area (Å²) in [5, 5.41) is 2.54. The lowest BCUT2D eigenvalue weighted by molar-refractivity contribution is -0.137. The first-order valence-electron chi connectivity index (χ1n) is 3.63. The Hall–Kier alpha value is -1.01. The maximum Gasteiger partial charge on any atom is 0.416 e. The summed E-state index contributed by atoms with van der Waals surface area (Å²) in [4.78, 5) is 0. The summed E-state index contributed by atoms with van der Waals surface area (Å²) in [6.07, 6.45) is -4.32. The predicted octanol–water partition coefficient (Wildman–Crippen LogP) is 2.78. The lowest BCUT2D eigenvalue weighted by Gasteiger charge is -2.08. The fourth-order valence-corrected chi connectivity index (χ4v) is 1.00. The van der Waals surface area contributed by atoms with Crippen molar-refractivity contribution in [2.24, 2.45) is 5.73 Å². The number of anilines is 1. The van der Waals surface area contributed by atoms with Gasteiger partial charge in [0.25, 0.3) is 0 Å². The molecule has 0 saturated carbocycles. The van der Waals surface area contributed by atoms with Crippen LogP contribution in [0.4, 0.5) is 18.9 Å². The first kappa shape index (κ1) is 14.0. The molecule has 0 aliphatic carbocycles. The quantitative estimate of drug-likeness (QED) is 0.759. The Bertz CT molecular complexity index is 337. The zero-order valence-corrected chi connectivity index (χ0v) is 8.97. The summed E-state index contributed by atoms with van der Waals surface area (Å²) in [6, 6.07) is 4.45. The third-order valence-corrected chi connectivity index (χ3v) is 1.58. The van der Waals surface area contributed by atoms with E-state index in [1.807, 2.05) is 0 Å². The van der Waals surface area contributed by atoms with Gasteiger partial charge in [-0.25, -0.2) is 0 Å². The Morgan fingerprint density at radius 1 is 1.20 bits per heavy atom. The van der Waals surface area contributed by atoms with Crippen LogP contribution in [0.25, 0.3) is 0 Å². The maximum absolute atomic E-state index is 12.1. The van der Waals surface area contributed by atoms with E-state index in [1.165, 1.54) is 12.1 Å². The highest BCUT2D eigenvalue weighted by atomic mass is 35.5. The Morgan fingerprint density at radius 3 is 2.00 bits per heavy atom. The first-order chi connectivity index (χ1) is 6.39. The van der Waals surface area contributed by atoms with Crippen LogP contribution in [0.2, 0.25) is 0 Å². The lowest BCUT2D eigenvalue weighted by Crippen LogP contribution is -2.18. The van der Waals surface area contributed by atoms with Gasteiger partial charge in [-0.2, -0.15) is 13.2 Å². The van der Waals surface area contributed by atoms with Crippen LogP contribution in [0.3, 0.4) is 0 Å². The molecular weight excluding hydrogens is 249 g/mol. The average Bonchev–Trinajstić information content (AvgIpc) is 2.02. The largest absolute Gasteiger partial charge is 0.416 e. The highest BCUT2D eigenvalue weighted by Crippen LogP contribution is 2.29. The van der Waals surface area contributed by atoms with Gasteiger partial charge in [-0.1, -0.05) is 0 Å². The van der Waals surface area contributed by atoms with Crippen LogP contribution in [0.15, 0.2) is 24.3 Å². The summed E-state index contributed by atoms with van der Waals surface area (Å²) in [5.41, 5.74) is 4.88. The van der Waals surface area contributed by atoms with Gasteiger partial charge in [0.2, 0.25) is 0 Å². The molecule has 7 heteroatoms. The summed E-state index contributed by atoms with van der Waals surface area (Å²) >= 11 is 4.53. The van der Waals surface area contributed by atoms with Gasteiger partial charge in [0, 0.05) is 5.69 Å². The molecule has 0 atom stereocenters. The van der Waals surface area contributed by atoms with E-state index in [0.717, 1.165) is 12.1 Å². The molecule has 0 unspecified atom stereocenters. The summed E-state index contributed by atoms with van der Waals surface area (Å²) in [6.45, 7) is 0. The number of nitrogens with two attached hydrogens (primary N) is 1. The molecule has 0 bridgehead atoms. The minimum atomic E-state index is -4.32. The number of thiocarbonyl (C=S) groups is 1. The van der Waals surface area contributed by atoms with Gasteiger partial charge in [-0.15, -0.1) is 12.4 Å². The second-order valence-electron chi connectivity index (χ2n) is 2.56. The molecule has 0 fully saturated rings. The van der Waals surface area contributed by atoms with Crippen LogP contribution in [-0.2, 0) is 6.18 Å². The Labute approximate surface area is 96.1 Å². The smallest absolute Gasteiger partial charge is 0.376 e. The van der Waals surface area contributed by atoms with Crippen LogP contribution in [-0.4, -0.2) is 5.11 Å². The van der Waals surface area contributed by atoms with Crippen molar-refractivity contribution in [2.45, 2.75) is 6.18 Å². The molecule has 3 N–H and O–H groups in total. The molecule has 0 aliphatic heterocycles. The van der Waals surface area contributed by atoms with Gasteiger partial charge in [0.1, 0.15) is 0 Å². The number of alkyl halides is 3. The molecular formula is C8H8ClF3N2S. The zero-order valence-electron chi connectivity index (χ0n) is 7.34.